The first-order chi connectivity index (χ1) is 8.78. The molecule has 0 aliphatic heterocycles. The summed E-state index contributed by atoms with van der Waals surface area (Å²) in [5.74, 6) is 0.899. The van der Waals surface area contributed by atoms with E-state index in [1.807, 2.05) is 20.2 Å². The van der Waals surface area contributed by atoms with E-state index in [1.54, 1.807) is 7.11 Å². The Kier molecular flexibility index (Phi) is 4.18. The summed E-state index contributed by atoms with van der Waals surface area (Å²) in [4.78, 5) is 0. The zero-order chi connectivity index (χ0) is 13.0. The van der Waals surface area contributed by atoms with Gasteiger partial charge in [0.1, 0.15) is 5.75 Å². The molecule has 18 heavy (non-hydrogen) atoms. The second-order valence-corrected chi connectivity index (χ2v) is 4.37. The number of fused-ring (bicyclic) bond motifs is 1. The summed E-state index contributed by atoms with van der Waals surface area (Å²) in [6, 6.07) is 13.0. The lowest BCUT2D eigenvalue weighted by Crippen LogP contribution is -2.27. The van der Waals surface area contributed by atoms with Gasteiger partial charge in [-0.1, -0.05) is 18.2 Å². The molecule has 0 aliphatic carbocycles. The first kappa shape index (κ1) is 12.9. The van der Waals surface area contributed by atoms with Gasteiger partial charge < -0.3 is 15.4 Å². The predicted molar refractivity (Wildman–Crippen MR) is 76.2 cm³/mol. The summed E-state index contributed by atoms with van der Waals surface area (Å²) in [5, 5.41) is 8.97. The summed E-state index contributed by atoms with van der Waals surface area (Å²) in [7, 11) is 5.65. The van der Waals surface area contributed by atoms with Gasteiger partial charge in [-0.3, -0.25) is 0 Å². The summed E-state index contributed by atoms with van der Waals surface area (Å²) in [5.41, 5.74) is 1.30. The minimum Gasteiger partial charge on any atom is -0.497 e. The molecule has 0 saturated carbocycles. The lowest BCUT2D eigenvalue weighted by Gasteiger charge is -2.16. The second-order valence-electron chi connectivity index (χ2n) is 4.37. The summed E-state index contributed by atoms with van der Waals surface area (Å²) in [6.07, 6.45) is 0. The molecule has 0 saturated heterocycles. The second kappa shape index (κ2) is 5.85. The first-order valence-corrected chi connectivity index (χ1v) is 6.18. The molecular weight excluding hydrogens is 224 g/mol. The zero-order valence-corrected chi connectivity index (χ0v) is 11.2. The highest BCUT2D eigenvalue weighted by atomic mass is 16.5. The Labute approximate surface area is 108 Å². The number of benzene rings is 2. The number of methoxy groups -OCH3 is 1. The van der Waals surface area contributed by atoms with Gasteiger partial charge in [0, 0.05) is 12.6 Å². The molecule has 1 unspecified atom stereocenters. The van der Waals surface area contributed by atoms with Crippen LogP contribution in [0.4, 0.5) is 0 Å². The molecule has 3 heteroatoms. The van der Waals surface area contributed by atoms with Crippen molar-refractivity contribution in [2.24, 2.45) is 0 Å². The fourth-order valence-corrected chi connectivity index (χ4v) is 2.18. The Hall–Kier alpha value is -1.58. The molecule has 2 aromatic rings. The molecule has 0 aromatic heterocycles. The van der Waals surface area contributed by atoms with Gasteiger partial charge in [0.05, 0.1) is 7.11 Å². The third-order valence-electron chi connectivity index (χ3n) is 3.23. The third kappa shape index (κ3) is 2.63. The average molecular weight is 244 g/mol. The molecule has 1 atom stereocenters. The van der Waals surface area contributed by atoms with E-state index in [0.29, 0.717) is 6.04 Å². The van der Waals surface area contributed by atoms with Crippen LogP contribution in [0.25, 0.3) is 10.8 Å². The lowest BCUT2D eigenvalue weighted by atomic mass is 10.0. The van der Waals surface area contributed by atoms with Crippen LogP contribution in [0.3, 0.4) is 0 Å². The quantitative estimate of drug-likeness (QED) is 0.847. The van der Waals surface area contributed by atoms with E-state index >= 15 is 0 Å². The molecule has 0 bridgehead atoms. The maximum Gasteiger partial charge on any atom is 0.119 e. The van der Waals surface area contributed by atoms with Crippen LogP contribution in [0.2, 0.25) is 0 Å². The number of ether oxygens (including phenoxy) is 1. The SMILES string of the molecule is CNCC(NC)c1ccc2cc(OC)ccc2c1. The highest BCUT2D eigenvalue weighted by Gasteiger charge is 2.08. The fraction of sp³-hybridized carbons (Fsp3) is 0.333. The van der Waals surface area contributed by atoms with E-state index in [9.17, 15) is 0 Å². The van der Waals surface area contributed by atoms with Gasteiger partial charge >= 0.3 is 0 Å². The van der Waals surface area contributed by atoms with Crippen molar-refractivity contribution in [3.63, 3.8) is 0 Å². The van der Waals surface area contributed by atoms with Crippen molar-refractivity contribution < 1.29 is 4.74 Å². The van der Waals surface area contributed by atoms with Crippen LogP contribution in [-0.2, 0) is 0 Å². The number of rotatable bonds is 5. The van der Waals surface area contributed by atoms with Crippen LogP contribution in [0.1, 0.15) is 11.6 Å². The van der Waals surface area contributed by atoms with Crippen molar-refractivity contribution in [1.29, 1.82) is 0 Å². The minimum absolute atomic E-state index is 0.335. The maximum atomic E-state index is 5.24. The van der Waals surface area contributed by atoms with Crippen LogP contribution >= 0.6 is 0 Å². The first-order valence-electron chi connectivity index (χ1n) is 6.18. The van der Waals surface area contributed by atoms with Crippen LogP contribution in [0.5, 0.6) is 5.75 Å². The summed E-state index contributed by atoms with van der Waals surface area (Å²) in [6.45, 7) is 0.915. The predicted octanol–water partition coefficient (Wildman–Crippen LogP) is 2.33. The van der Waals surface area contributed by atoms with Crippen molar-refractivity contribution in [3.05, 3.63) is 42.0 Å². The van der Waals surface area contributed by atoms with E-state index < -0.39 is 0 Å². The molecule has 0 amide bonds. The molecule has 96 valence electrons. The zero-order valence-electron chi connectivity index (χ0n) is 11.2. The summed E-state index contributed by atoms with van der Waals surface area (Å²) >= 11 is 0. The normalized spacial score (nSPS) is 12.6. The lowest BCUT2D eigenvalue weighted by molar-refractivity contribution is 0.415. The summed E-state index contributed by atoms with van der Waals surface area (Å²) < 4.78 is 5.24. The van der Waals surface area contributed by atoms with Gasteiger partial charge in [0.25, 0.3) is 0 Å². The average Bonchev–Trinajstić information content (AvgIpc) is 2.43. The van der Waals surface area contributed by atoms with Gasteiger partial charge in [-0.05, 0) is 48.6 Å². The molecular formula is C15H20N2O. The molecule has 0 spiro atoms. The standard InChI is InChI=1S/C15H20N2O/c1-16-10-15(17-2)13-5-4-12-9-14(18-3)7-6-11(12)8-13/h4-9,15-17H,10H2,1-3H3. The van der Waals surface area contributed by atoms with Crippen molar-refractivity contribution in [2.75, 3.05) is 27.7 Å². The highest BCUT2D eigenvalue weighted by Crippen LogP contribution is 2.24. The molecule has 0 heterocycles. The van der Waals surface area contributed by atoms with Gasteiger partial charge in [-0.25, -0.2) is 0 Å². The number of hydrogen-bond acceptors (Lipinski definition) is 3. The topological polar surface area (TPSA) is 33.3 Å². The molecule has 0 aliphatic rings. The highest BCUT2D eigenvalue weighted by molar-refractivity contribution is 5.84. The van der Waals surface area contributed by atoms with Crippen LogP contribution in [0.15, 0.2) is 36.4 Å². The van der Waals surface area contributed by atoms with Crippen molar-refractivity contribution in [2.45, 2.75) is 6.04 Å². The van der Waals surface area contributed by atoms with Crippen LogP contribution < -0.4 is 15.4 Å². The molecule has 3 nitrogen and oxygen atoms in total. The van der Waals surface area contributed by atoms with Gasteiger partial charge in [-0.2, -0.15) is 0 Å². The van der Waals surface area contributed by atoms with Crippen molar-refractivity contribution in [1.82, 2.24) is 10.6 Å². The van der Waals surface area contributed by atoms with E-state index in [-0.39, 0.29) is 0 Å². The Morgan fingerprint density at radius 1 is 1.06 bits per heavy atom. The molecule has 2 N–H and O–H groups in total. The number of nitrogens with one attached hydrogen (secondary N) is 2. The Bertz CT molecular complexity index is 525. The van der Waals surface area contributed by atoms with Gasteiger partial charge in [0.15, 0.2) is 0 Å². The van der Waals surface area contributed by atoms with Crippen molar-refractivity contribution >= 4 is 10.8 Å². The van der Waals surface area contributed by atoms with E-state index in [2.05, 4.69) is 41.0 Å². The smallest absolute Gasteiger partial charge is 0.119 e. The number of likely N-dealkylation sites (N-methyl/N-ethyl adjacent to an activating group) is 2. The molecule has 0 fully saturated rings. The number of hydrogen-bond donors (Lipinski definition) is 2. The largest absolute Gasteiger partial charge is 0.497 e. The fourth-order valence-electron chi connectivity index (χ4n) is 2.18. The maximum absolute atomic E-state index is 5.24. The molecule has 0 radical (unpaired) electrons. The minimum atomic E-state index is 0.335. The third-order valence-corrected chi connectivity index (χ3v) is 3.23. The monoisotopic (exact) mass is 244 g/mol. The molecule has 2 aromatic carbocycles. The van der Waals surface area contributed by atoms with Crippen LogP contribution in [0, 0.1) is 0 Å². The van der Waals surface area contributed by atoms with E-state index in [0.717, 1.165) is 12.3 Å². The van der Waals surface area contributed by atoms with E-state index in [1.165, 1.54) is 16.3 Å². The Morgan fingerprint density at radius 3 is 2.44 bits per heavy atom. The molecule has 2 rings (SSSR count). The Morgan fingerprint density at radius 2 is 1.78 bits per heavy atom. The van der Waals surface area contributed by atoms with Gasteiger partial charge in [0.2, 0.25) is 0 Å². The van der Waals surface area contributed by atoms with E-state index in [4.69, 9.17) is 4.74 Å². The Balaban J connectivity index is 2.37. The van der Waals surface area contributed by atoms with Crippen molar-refractivity contribution in [3.8, 4) is 5.75 Å². The van der Waals surface area contributed by atoms with Gasteiger partial charge in [-0.15, -0.1) is 0 Å². The van der Waals surface area contributed by atoms with Crippen LogP contribution in [-0.4, -0.2) is 27.7 Å².